The maximum atomic E-state index is 3.47. The van der Waals surface area contributed by atoms with E-state index in [1.54, 1.807) is 0 Å². The summed E-state index contributed by atoms with van der Waals surface area (Å²) >= 11 is 1.92. The Morgan fingerprint density at radius 2 is 1.67 bits per heavy atom. The third-order valence-electron chi connectivity index (χ3n) is 3.00. The molecule has 0 saturated heterocycles. The van der Waals surface area contributed by atoms with Gasteiger partial charge in [-0.2, -0.15) is 0 Å². The molecule has 3 N–H and O–H groups in total. The van der Waals surface area contributed by atoms with Crippen molar-refractivity contribution in [2.75, 3.05) is 39.0 Å². The molecule has 1 atom stereocenters. The van der Waals surface area contributed by atoms with E-state index in [4.69, 9.17) is 0 Å². The zero-order valence-electron chi connectivity index (χ0n) is 14.1. The summed E-state index contributed by atoms with van der Waals surface area (Å²) in [5, 5.41) is 10.2. The second kappa shape index (κ2) is 15.8. The highest BCUT2D eigenvalue weighted by atomic mass is 32.2. The van der Waals surface area contributed by atoms with Gasteiger partial charge in [0, 0.05) is 29.8 Å². The third-order valence-corrected chi connectivity index (χ3v) is 4.18. The van der Waals surface area contributed by atoms with Crippen LogP contribution in [0.4, 0.5) is 0 Å². The van der Waals surface area contributed by atoms with Crippen molar-refractivity contribution in [1.29, 1.82) is 0 Å². The molecule has 0 radical (unpaired) electrons. The van der Waals surface area contributed by atoms with Gasteiger partial charge in [0.2, 0.25) is 0 Å². The smallest absolute Gasteiger partial charge is 0.0170 e. The molecule has 0 fully saturated rings. The van der Waals surface area contributed by atoms with E-state index in [0.29, 0.717) is 6.04 Å². The summed E-state index contributed by atoms with van der Waals surface area (Å²) in [7, 11) is 2.05. The fourth-order valence-corrected chi connectivity index (χ4v) is 2.86. The van der Waals surface area contributed by atoms with Crippen LogP contribution in [0.1, 0.15) is 27.2 Å². The minimum atomic E-state index is 0.567. The molecule has 0 aliphatic heterocycles. The standard InChI is InChI=1S/C15H27N3S.C2H6/c1-3-17-11-12-18-10-9-14(16-2)13-19-15-7-5-4-6-8-15;1-2/h4-8,14,16-18H,3,9-13H2,1-2H3;1-2H3. The van der Waals surface area contributed by atoms with Crippen LogP contribution < -0.4 is 16.0 Å². The number of hydrogen-bond donors (Lipinski definition) is 3. The second-order valence-electron chi connectivity index (χ2n) is 4.50. The van der Waals surface area contributed by atoms with Crippen LogP contribution in [0.3, 0.4) is 0 Å². The van der Waals surface area contributed by atoms with E-state index in [0.717, 1.165) is 31.9 Å². The predicted octanol–water partition coefficient (Wildman–Crippen LogP) is 2.98. The van der Waals surface area contributed by atoms with Gasteiger partial charge in [-0.3, -0.25) is 0 Å². The van der Waals surface area contributed by atoms with E-state index in [1.807, 2.05) is 25.6 Å². The van der Waals surface area contributed by atoms with Gasteiger partial charge in [0.1, 0.15) is 0 Å². The van der Waals surface area contributed by atoms with Crippen molar-refractivity contribution in [1.82, 2.24) is 16.0 Å². The van der Waals surface area contributed by atoms with Crippen LogP contribution in [0.25, 0.3) is 0 Å². The minimum absolute atomic E-state index is 0.567. The summed E-state index contributed by atoms with van der Waals surface area (Å²) in [4.78, 5) is 1.35. The average Bonchev–Trinajstić information content (AvgIpc) is 2.56. The van der Waals surface area contributed by atoms with E-state index in [9.17, 15) is 0 Å². The SMILES string of the molecule is CC.CCNCCNCCC(CSc1ccccc1)NC. The molecule has 1 aromatic rings. The van der Waals surface area contributed by atoms with Gasteiger partial charge in [-0.1, -0.05) is 39.0 Å². The van der Waals surface area contributed by atoms with Crippen molar-refractivity contribution in [3.63, 3.8) is 0 Å². The molecule has 21 heavy (non-hydrogen) atoms. The Morgan fingerprint density at radius 3 is 2.29 bits per heavy atom. The number of thioether (sulfide) groups is 1. The third kappa shape index (κ3) is 11.8. The Labute approximate surface area is 135 Å². The molecule has 3 nitrogen and oxygen atoms in total. The Bertz CT molecular complexity index is 306. The maximum Gasteiger partial charge on any atom is 0.0170 e. The lowest BCUT2D eigenvalue weighted by Crippen LogP contribution is -2.34. The molecule has 4 heteroatoms. The predicted molar refractivity (Wildman–Crippen MR) is 97.4 cm³/mol. The summed E-state index contributed by atoms with van der Waals surface area (Å²) in [5.41, 5.74) is 0. The second-order valence-corrected chi connectivity index (χ2v) is 5.60. The molecule has 0 aliphatic rings. The molecule has 0 aromatic heterocycles. The topological polar surface area (TPSA) is 36.1 Å². The van der Waals surface area contributed by atoms with Crippen molar-refractivity contribution in [3.05, 3.63) is 30.3 Å². The Hall–Kier alpha value is -0.550. The van der Waals surface area contributed by atoms with E-state index in [2.05, 4.69) is 60.3 Å². The van der Waals surface area contributed by atoms with Crippen LogP contribution in [-0.4, -0.2) is 45.0 Å². The lowest BCUT2D eigenvalue weighted by Gasteiger charge is -2.16. The quantitative estimate of drug-likeness (QED) is 0.434. The summed E-state index contributed by atoms with van der Waals surface area (Å²) in [5.74, 6) is 1.12. The number of benzene rings is 1. The Balaban J connectivity index is 0.00000191. The van der Waals surface area contributed by atoms with Crippen molar-refractivity contribution in [2.24, 2.45) is 0 Å². The van der Waals surface area contributed by atoms with Crippen LogP contribution >= 0.6 is 11.8 Å². The maximum absolute atomic E-state index is 3.47. The summed E-state index contributed by atoms with van der Waals surface area (Å²) in [6.07, 6.45) is 1.17. The van der Waals surface area contributed by atoms with Crippen molar-refractivity contribution >= 4 is 11.8 Å². The van der Waals surface area contributed by atoms with E-state index in [1.165, 1.54) is 11.3 Å². The molecule has 1 unspecified atom stereocenters. The van der Waals surface area contributed by atoms with Crippen LogP contribution in [-0.2, 0) is 0 Å². The molecule has 0 spiro atoms. The summed E-state index contributed by atoms with van der Waals surface area (Å²) < 4.78 is 0. The lowest BCUT2D eigenvalue weighted by molar-refractivity contribution is 0.528. The van der Waals surface area contributed by atoms with Gasteiger partial charge in [0.25, 0.3) is 0 Å². The van der Waals surface area contributed by atoms with Gasteiger partial charge >= 0.3 is 0 Å². The molecule has 0 bridgehead atoms. The lowest BCUT2D eigenvalue weighted by atomic mass is 10.2. The van der Waals surface area contributed by atoms with Crippen LogP contribution in [0.5, 0.6) is 0 Å². The number of likely N-dealkylation sites (N-methyl/N-ethyl adjacent to an activating group) is 1. The highest BCUT2D eigenvalue weighted by Gasteiger charge is 2.06. The zero-order chi connectivity index (χ0) is 15.8. The van der Waals surface area contributed by atoms with Crippen molar-refractivity contribution in [2.45, 2.75) is 38.1 Å². The van der Waals surface area contributed by atoms with Crippen molar-refractivity contribution < 1.29 is 0 Å². The minimum Gasteiger partial charge on any atom is -0.316 e. The van der Waals surface area contributed by atoms with Crippen molar-refractivity contribution in [3.8, 4) is 0 Å². The molecule has 0 saturated carbocycles. The van der Waals surface area contributed by atoms with E-state index < -0.39 is 0 Å². The first kappa shape index (κ1) is 20.5. The van der Waals surface area contributed by atoms with E-state index in [-0.39, 0.29) is 0 Å². The zero-order valence-corrected chi connectivity index (χ0v) is 14.9. The van der Waals surface area contributed by atoms with Crippen LogP contribution in [0, 0.1) is 0 Å². The van der Waals surface area contributed by atoms with Crippen LogP contribution in [0.2, 0.25) is 0 Å². The first-order valence-electron chi connectivity index (χ1n) is 8.13. The molecular formula is C17H33N3S. The highest BCUT2D eigenvalue weighted by molar-refractivity contribution is 7.99. The van der Waals surface area contributed by atoms with Gasteiger partial charge in [0.05, 0.1) is 0 Å². The van der Waals surface area contributed by atoms with Crippen LogP contribution in [0.15, 0.2) is 35.2 Å². The molecular weight excluding hydrogens is 278 g/mol. The monoisotopic (exact) mass is 311 g/mol. The molecule has 122 valence electrons. The number of rotatable bonds is 11. The van der Waals surface area contributed by atoms with E-state index >= 15 is 0 Å². The van der Waals surface area contributed by atoms with Gasteiger partial charge in [-0.05, 0) is 38.7 Å². The Kier molecular flexibility index (Phi) is 15.4. The molecule has 1 aromatic carbocycles. The normalized spacial score (nSPS) is 11.6. The number of nitrogens with one attached hydrogen (secondary N) is 3. The van der Waals surface area contributed by atoms with Gasteiger partial charge in [-0.25, -0.2) is 0 Å². The largest absolute Gasteiger partial charge is 0.316 e. The fourth-order valence-electron chi connectivity index (χ4n) is 1.78. The molecule has 1 rings (SSSR count). The first-order valence-corrected chi connectivity index (χ1v) is 9.12. The Morgan fingerprint density at radius 1 is 1.00 bits per heavy atom. The molecule has 0 aliphatic carbocycles. The number of hydrogen-bond acceptors (Lipinski definition) is 4. The summed E-state index contributed by atoms with van der Waals surface area (Å²) in [6, 6.07) is 11.2. The fraction of sp³-hybridized carbons (Fsp3) is 0.647. The van der Waals surface area contributed by atoms with Gasteiger partial charge in [0.15, 0.2) is 0 Å². The average molecular weight is 312 g/mol. The molecule has 0 amide bonds. The first-order chi connectivity index (χ1) is 10.4. The highest BCUT2D eigenvalue weighted by Crippen LogP contribution is 2.18. The molecule has 0 heterocycles. The van der Waals surface area contributed by atoms with Gasteiger partial charge in [-0.15, -0.1) is 11.8 Å². The van der Waals surface area contributed by atoms with Gasteiger partial charge < -0.3 is 16.0 Å². The summed E-state index contributed by atoms with van der Waals surface area (Å²) in [6.45, 7) is 10.4.